The van der Waals surface area contributed by atoms with E-state index in [0.717, 1.165) is 24.8 Å². The molecule has 3 nitrogen and oxygen atoms in total. The van der Waals surface area contributed by atoms with Gasteiger partial charge in [-0.25, -0.2) is 13.4 Å². The third-order valence-corrected chi connectivity index (χ3v) is 2.98. The Bertz CT molecular complexity index is 398. The molecule has 0 N–H and O–H groups in total. The highest BCUT2D eigenvalue weighted by Crippen LogP contribution is 2.10. The van der Waals surface area contributed by atoms with Crippen molar-refractivity contribution in [2.45, 2.75) is 31.2 Å². The first-order valence-corrected chi connectivity index (χ1v) is 6.58. The molecule has 0 saturated heterocycles. The van der Waals surface area contributed by atoms with Crippen molar-refractivity contribution in [3.63, 3.8) is 0 Å². The van der Waals surface area contributed by atoms with Crippen LogP contribution >= 0.6 is 0 Å². The van der Waals surface area contributed by atoms with Crippen LogP contribution in [-0.4, -0.2) is 19.7 Å². The van der Waals surface area contributed by atoms with Gasteiger partial charge in [-0.2, -0.15) is 0 Å². The van der Waals surface area contributed by atoms with E-state index in [4.69, 9.17) is 0 Å². The molecule has 1 aromatic heterocycles. The second-order valence-corrected chi connectivity index (χ2v) is 5.34. The molecule has 1 heterocycles. The zero-order chi connectivity index (χ0) is 10.6. The van der Waals surface area contributed by atoms with Gasteiger partial charge in [-0.3, -0.25) is 0 Å². The molecular weight excluding hydrogens is 198 g/mol. The fourth-order valence-corrected chi connectivity index (χ4v) is 1.81. The van der Waals surface area contributed by atoms with Gasteiger partial charge in [0.15, 0.2) is 14.9 Å². The van der Waals surface area contributed by atoms with Crippen molar-refractivity contribution in [1.29, 1.82) is 0 Å². The van der Waals surface area contributed by atoms with Gasteiger partial charge in [-0.1, -0.05) is 13.3 Å². The number of aryl methyl sites for hydroxylation is 1. The van der Waals surface area contributed by atoms with E-state index in [2.05, 4.69) is 11.9 Å². The maximum atomic E-state index is 11.2. The van der Waals surface area contributed by atoms with Crippen molar-refractivity contribution in [3.05, 3.63) is 23.9 Å². The predicted molar refractivity (Wildman–Crippen MR) is 56.0 cm³/mol. The van der Waals surface area contributed by atoms with Gasteiger partial charge < -0.3 is 0 Å². The van der Waals surface area contributed by atoms with Gasteiger partial charge in [0.1, 0.15) is 0 Å². The molecule has 0 aliphatic heterocycles. The number of hydrogen-bond donors (Lipinski definition) is 0. The Morgan fingerprint density at radius 2 is 2.14 bits per heavy atom. The summed E-state index contributed by atoms with van der Waals surface area (Å²) in [6.07, 6.45) is 5.84. The van der Waals surface area contributed by atoms with Crippen LogP contribution in [0.15, 0.2) is 23.4 Å². The normalized spacial score (nSPS) is 11.6. The summed E-state index contributed by atoms with van der Waals surface area (Å²) in [7, 11) is -3.16. The molecule has 0 saturated carbocycles. The molecule has 0 aliphatic rings. The van der Waals surface area contributed by atoms with Crippen molar-refractivity contribution in [1.82, 2.24) is 4.98 Å². The van der Waals surface area contributed by atoms with Gasteiger partial charge in [-0.05, 0) is 30.5 Å². The lowest BCUT2D eigenvalue weighted by Crippen LogP contribution is -2.01. The molecule has 1 rings (SSSR count). The quantitative estimate of drug-likeness (QED) is 0.766. The van der Waals surface area contributed by atoms with Crippen LogP contribution in [-0.2, 0) is 16.3 Å². The Morgan fingerprint density at radius 3 is 2.71 bits per heavy atom. The first kappa shape index (κ1) is 11.2. The molecule has 0 amide bonds. The Hall–Kier alpha value is -0.900. The number of pyridine rings is 1. The largest absolute Gasteiger partial charge is 0.245 e. The fraction of sp³-hybridized carbons (Fsp3) is 0.500. The number of unbranched alkanes of at least 4 members (excludes halogenated alkanes) is 1. The summed E-state index contributed by atoms with van der Waals surface area (Å²) in [5.41, 5.74) is 1.04. The second-order valence-electron chi connectivity index (χ2n) is 3.38. The molecule has 14 heavy (non-hydrogen) atoms. The van der Waals surface area contributed by atoms with Crippen molar-refractivity contribution in [2.24, 2.45) is 0 Å². The van der Waals surface area contributed by atoms with Crippen LogP contribution in [0.25, 0.3) is 0 Å². The van der Waals surface area contributed by atoms with E-state index in [1.807, 2.05) is 6.07 Å². The summed E-state index contributed by atoms with van der Waals surface area (Å²) in [4.78, 5) is 3.83. The highest BCUT2D eigenvalue weighted by molar-refractivity contribution is 7.90. The lowest BCUT2D eigenvalue weighted by molar-refractivity contribution is 0.598. The monoisotopic (exact) mass is 213 g/mol. The predicted octanol–water partition coefficient (Wildman–Crippen LogP) is 1.83. The van der Waals surface area contributed by atoms with Crippen LogP contribution in [0.3, 0.4) is 0 Å². The number of rotatable bonds is 4. The van der Waals surface area contributed by atoms with Gasteiger partial charge in [-0.15, -0.1) is 0 Å². The lowest BCUT2D eigenvalue weighted by Gasteiger charge is -2.01. The Morgan fingerprint density at radius 1 is 1.43 bits per heavy atom. The van der Waals surface area contributed by atoms with Crippen LogP contribution in [0.1, 0.15) is 25.3 Å². The van der Waals surface area contributed by atoms with Crippen LogP contribution in [0, 0.1) is 0 Å². The molecule has 0 aliphatic carbocycles. The summed E-state index contributed by atoms with van der Waals surface area (Å²) in [5, 5.41) is 0.172. The molecule has 1 aromatic rings. The number of hydrogen-bond acceptors (Lipinski definition) is 3. The van der Waals surface area contributed by atoms with Gasteiger partial charge in [0.25, 0.3) is 0 Å². The Balaban J connectivity index is 2.90. The zero-order valence-corrected chi connectivity index (χ0v) is 9.34. The summed E-state index contributed by atoms with van der Waals surface area (Å²) in [6, 6.07) is 3.52. The maximum Gasteiger partial charge on any atom is 0.192 e. The third-order valence-electron chi connectivity index (χ3n) is 2.00. The number of aromatic nitrogens is 1. The van der Waals surface area contributed by atoms with E-state index in [-0.39, 0.29) is 5.03 Å². The molecule has 0 atom stereocenters. The van der Waals surface area contributed by atoms with E-state index >= 15 is 0 Å². The summed E-state index contributed by atoms with van der Waals surface area (Å²) < 4.78 is 22.4. The maximum absolute atomic E-state index is 11.2. The minimum Gasteiger partial charge on any atom is -0.245 e. The summed E-state index contributed by atoms with van der Waals surface area (Å²) in [6.45, 7) is 2.11. The average Bonchev–Trinajstić information content (AvgIpc) is 2.14. The van der Waals surface area contributed by atoms with Crippen LogP contribution in [0.2, 0.25) is 0 Å². The Kier molecular flexibility index (Phi) is 3.63. The van der Waals surface area contributed by atoms with Crippen molar-refractivity contribution in [2.75, 3.05) is 6.26 Å². The van der Waals surface area contributed by atoms with Gasteiger partial charge in [0, 0.05) is 12.5 Å². The second kappa shape index (κ2) is 4.55. The van der Waals surface area contributed by atoms with Gasteiger partial charge in [0.2, 0.25) is 0 Å². The first-order chi connectivity index (χ1) is 6.54. The molecule has 4 heteroatoms. The van der Waals surface area contributed by atoms with Crippen molar-refractivity contribution in [3.8, 4) is 0 Å². The van der Waals surface area contributed by atoms with E-state index in [0.29, 0.717) is 0 Å². The molecule has 0 fully saturated rings. The minimum absolute atomic E-state index is 0.172. The third kappa shape index (κ3) is 3.10. The molecular formula is C10H15NO2S. The molecule has 0 aromatic carbocycles. The molecule has 0 radical (unpaired) electrons. The van der Waals surface area contributed by atoms with E-state index in [1.54, 1.807) is 12.3 Å². The van der Waals surface area contributed by atoms with E-state index in [1.165, 1.54) is 6.26 Å². The smallest absolute Gasteiger partial charge is 0.192 e. The topological polar surface area (TPSA) is 47.0 Å². The molecule has 0 spiro atoms. The highest BCUT2D eigenvalue weighted by Gasteiger charge is 2.08. The lowest BCUT2D eigenvalue weighted by atomic mass is 10.1. The molecule has 0 unspecified atom stereocenters. The average molecular weight is 213 g/mol. The van der Waals surface area contributed by atoms with Crippen molar-refractivity contribution >= 4 is 9.84 Å². The highest BCUT2D eigenvalue weighted by atomic mass is 32.2. The number of nitrogens with zero attached hydrogens (tertiary/aromatic N) is 1. The van der Waals surface area contributed by atoms with Crippen LogP contribution in [0.4, 0.5) is 0 Å². The summed E-state index contributed by atoms with van der Waals surface area (Å²) in [5.74, 6) is 0. The van der Waals surface area contributed by atoms with E-state index in [9.17, 15) is 8.42 Å². The first-order valence-electron chi connectivity index (χ1n) is 4.69. The zero-order valence-electron chi connectivity index (χ0n) is 8.53. The van der Waals surface area contributed by atoms with E-state index < -0.39 is 9.84 Å². The standard InChI is InChI=1S/C10H15NO2S/c1-3-4-5-9-6-7-11-10(8-9)14(2,12)13/h6-8H,3-5H2,1-2H3. The Labute approximate surface area is 85.1 Å². The fourth-order valence-electron chi connectivity index (χ4n) is 1.19. The van der Waals surface area contributed by atoms with Crippen LogP contribution < -0.4 is 0 Å². The molecule has 78 valence electrons. The molecule has 0 bridgehead atoms. The minimum atomic E-state index is -3.16. The van der Waals surface area contributed by atoms with Gasteiger partial charge in [0.05, 0.1) is 0 Å². The summed E-state index contributed by atoms with van der Waals surface area (Å²) >= 11 is 0. The SMILES string of the molecule is CCCCc1ccnc(S(C)(=O)=O)c1. The number of sulfone groups is 1. The van der Waals surface area contributed by atoms with Crippen LogP contribution in [0.5, 0.6) is 0 Å². The van der Waals surface area contributed by atoms with Crippen molar-refractivity contribution < 1.29 is 8.42 Å². The van der Waals surface area contributed by atoms with Gasteiger partial charge >= 0.3 is 0 Å².